The van der Waals surface area contributed by atoms with Crippen molar-refractivity contribution < 1.29 is 0 Å². The molecule has 0 saturated carbocycles. The minimum atomic E-state index is 0.550. The van der Waals surface area contributed by atoms with E-state index in [9.17, 15) is 0 Å². The van der Waals surface area contributed by atoms with Gasteiger partial charge in [0.2, 0.25) is 0 Å². The average molecular weight is 299 g/mol. The van der Waals surface area contributed by atoms with Gasteiger partial charge in [0.25, 0.3) is 0 Å². The van der Waals surface area contributed by atoms with Crippen LogP contribution in [0.1, 0.15) is 49.6 Å². The first-order chi connectivity index (χ1) is 9.13. The second-order valence-corrected chi connectivity index (χ2v) is 7.86. The van der Waals surface area contributed by atoms with Crippen LogP contribution in [0, 0.1) is 0 Å². The van der Waals surface area contributed by atoms with Crippen molar-refractivity contribution in [3.05, 3.63) is 20.8 Å². The van der Waals surface area contributed by atoms with Crippen LogP contribution in [-0.2, 0) is 6.42 Å². The molecule has 19 heavy (non-hydrogen) atoms. The molecule has 4 heteroatoms. The Bertz CT molecular complexity index is 435. The van der Waals surface area contributed by atoms with E-state index in [-0.39, 0.29) is 0 Å². The van der Waals surface area contributed by atoms with Crippen molar-refractivity contribution in [2.45, 2.75) is 57.7 Å². The third-order valence-corrected chi connectivity index (χ3v) is 5.88. The highest BCUT2D eigenvalue weighted by Gasteiger charge is 2.28. The Labute approximate surface area is 125 Å². The Morgan fingerprint density at radius 2 is 2.05 bits per heavy atom. The minimum absolute atomic E-state index is 0.550. The van der Waals surface area contributed by atoms with Gasteiger partial charge in [-0.05, 0) is 64.3 Å². The highest BCUT2D eigenvalue weighted by atomic mass is 35.5. The molecule has 1 aliphatic heterocycles. The summed E-state index contributed by atoms with van der Waals surface area (Å²) in [4.78, 5) is 4.09. The summed E-state index contributed by atoms with van der Waals surface area (Å²) in [6, 6.07) is 4.10. The summed E-state index contributed by atoms with van der Waals surface area (Å²) in [5.74, 6) is 0. The molecule has 0 bridgehead atoms. The molecule has 0 amide bonds. The number of hydrogen-bond acceptors (Lipinski definition) is 3. The SMILES string of the molecule is CC(C)N1CCC(NC2CCc3sc(Cl)cc32)CC1. The van der Waals surface area contributed by atoms with E-state index < -0.39 is 0 Å². The van der Waals surface area contributed by atoms with Gasteiger partial charge in [0, 0.05) is 23.0 Å². The molecule has 1 fully saturated rings. The highest BCUT2D eigenvalue weighted by molar-refractivity contribution is 7.16. The number of nitrogens with zero attached hydrogens (tertiary/aromatic N) is 1. The first kappa shape index (κ1) is 13.9. The first-order valence-corrected chi connectivity index (χ1v) is 8.61. The molecule has 2 heterocycles. The largest absolute Gasteiger partial charge is 0.307 e. The van der Waals surface area contributed by atoms with Crippen molar-refractivity contribution >= 4 is 22.9 Å². The Hall–Kier alpha value is -0.0900. The molecule has 1 aliphatic carbocycles. The summed E-state index contributed by atoms with van der Waals surface area (Å²) in [5.41, 5.74) is 1.47. The molecule has 0 aromatic carbocycles. The van der Waals surface area contributed by atoms with E-state index in [2.05, 4.69) is 30.1 Å². The van der Waals surface area contributed by atoms with Crippen LogP contribution in [0.15, 0.2) is 6.07 Å². The van der Waals surface area contributed by atoms with Crippen molar-refractivity contribution in [3.63, 3.8) is 0 Å². The van der Waals surface area contributed by atoms with E-state index in [1.165, 1.54) is 49.2 Å². The molecular formula is C15H23ClN2S. The second-order valence-electron chi connectivity index (χ2n) is 6.09. The number of likely N-dealkylation sites (tertiary alicyclic amines) is 1. The maximum Gasteiger partial charge on any atom is 0.0934 e. The fraction of sp³-hybridized carbons (Fsp3) is 0.733. The molecule has 1 aromatic heterocycles. The number of fused-ring (bicyclic) bond motifs is 1. The fourth-order valence-electron chi connectivity index (χ4n) is 3.37. The molecule has 1 N–H and O–H groups in total. The van der Waals surface area contributed by atoms with Crippen LogP contribution in [0.3, 0.4) is 0 Å². The maximum atomic E-state index is 6.12. The Kier molecular flexibility index (Phi) is 4.18. The molecule has 1 saturated heterocycles. The molecule has 1 aromatic rings. The summed E-state index contributed by atoms with van der Waals surface area (Å²) in [7, 11) is 0. The van der Waals surface area contributed by atoms with Crippen molar-refractivity contribution in [2.24, 2.45) is 0 Å². The lowest BCUT2D eigenvalue weighted by Gasteiger charge is -2.36. The van der Waals surface area contributed by atoms with Gasteiger partial charge in [-0.15, -0.1) is 11.3 Å². The topological polar surface area (TPSA) is 15.3 Å². The van der Waals surface area contributed by atoms with E-state index in [0.29, 0.717) is 18.1 Å². The number of hydrogen-bond donors (Lipinski definition) is 1. The molecular weight excluding hydrogens is 276 g/mol. The summed E-state index contributed by atoms with van der Waals surface area (Å²) < 4.78 is 0.950. The van der Waals surface area contributed by atoms with Crippen LogP contribution in [0.4, 0.5) is 0 Å². The van der Waals surface area contributed by atoms with Crippen LogP contribution in [0.25, 0.3) is 0 Å². The van der Waals surface area contributed by atoms with Crippen molar-refractivity contribution in [3.8, 4) is 0 Å². The molecule has 3 rings (SSSR count). The summed E-state index contributed by atoms with van der Waals surface area (Å²) in [6.45, 7) is 7.06. The van der Waals surface area contributed by atoms with Gasteiger partial charge in [0.05, 0.1) is 4.34 Å². The zero-order chi connectivity index (χ0) is 13.4. The van der Waals surface area contributed by atoms with Crippen LogP contribution in [0.5, 0.6) is 0 Å². The Morgan fingerprint density at radius 1 is 1.32 bits per heavy atom. The van der Waals surface area contributed by atoms with E-state index >= 15 is 0 Å². The van der Waals surface area contributed by atoms with Gasteiger partial charge in [0.1, 0.15) is 0 Å². The standard InChI is InChI=1S/C15H23ClN2S/c1-10(2)18-7-5-11(6-8-18)17-13-3-4-14-12(13)9-15(16)19-14/h9-11,13,17H,3-8H2,1-2H3. The number of thiophene rings is 1. The van der Waals surface area contributed by atoms with Gasteiger partial charge >= 0.3 is 0 Å². The smallest absolute Gasteiger partial charge is 0.0934 e. The lowest BCUT2D eigenvalue weighted by molar-refractivity contribution is 0.156. The van der Waals surface area contributed by atoms with Gasteiger partial charge < -0.3 is 10.2 Å². The van der Waals surface area contributed by atoms with Gasteiger partial charge in [-0.25, -0.2) is 0 Å². The number of aryl methyl sites for hydroxylation is 1. The van der Waals surface area contributed by atoms with Crippen molar-refractivity contribution in [1.82, 2.24) is 10.2 Å². The summed E-state index contributed by atoms with van der Waals surface area (Å²) >= 11 is 7.89. The third kappa shape index (κ3) is 2.99. The van der Waals surface area contributed by atoms with E-state index in [1.54, 1.807) is 11.3 Å². The van der Waals surface area contributed by atoms with E-state index in [1.807, 2.05) is 0 Å². The number of nitrogens with one attached hydrogen (secondary N) is 1. The number of piperidine rings is 1. The molecule has 0 spiro atoms. The zero-order valence-electron chi connectivity index (χ0n) is 11.8. The lowest BCUT2D eigenvalue weighted by atomic mass is 10.0. The predicted molar refractivity (Wildman–Crippen MR) is 83.3 cm³/mol. The average Bonchev–Trinajstić information content (AvgIpc) is 2.91. The van der Waals surface area contributed by atoms with Crippen LogP contribution >= 0.6 is 22.9 Å². The third-order valence-electron chi connectivity index (χ3n) is 4.54. The maximum absolute atomic E-state index is 6.12. The monoisotopic (exact) mass is 298 g/mol. The number of rotatable bonds is 3. The minimum Gasteiger partial charge on any atom is -0.307 e. The Morgan fingerprint density at radius 3 is 2.74 bits per heavy atom. The second kappa shape index (κ2) is 5.72. The molecule has 106 valence electrons. The van der Waals surface area contributed by atoms with Crippen molar-refractivity contribution in [1.29, 1.82) is 0 Å². The van der Waals surface area contributed by atoms with Gasteiger partial charge in [-0.2, -0.15) is 0 Å². The quantitative estimate of drug-likeness (QED) is 0.912. The summed E-state index contributed by atoms with van der Waals surface area (Å²) in [6.07, 6.45) is 5.02. The Balaban J connectivity index is 1.56. The zero-order valence-corrected chi connectivity index (χ0v) is 13.4. The van der Waals surface area contributed by atoms with Gasteiger partial charge in [-0.1, -0.05) is 11.6 Å². The first-order valence-electron chi connectivity index (χ1n) is 7.41. The van der Waals surface area contributed by atoms with Gasteiger partial charge in [0.15, 0.2) is 0 Å². The number of halogens is 1. The predicted octanol–water partition coefficient (Wildman–Crippen LogP) is 3.85. The van der Waals surface area contributed by atoms with Crippen LogP contribution < -0.4 is 5.32 Å². The fourth-order valence-corrected chi connectivity index (χ4v) is 4.73. The van der Waals surface area contributed by atoms with Crippen LogP contribution in [-0.4, -0.2) is 30.1 Å². The van der Waals surface area contributed by atoms with Gasteiger partial charge in [-0.3, -0.25) is 0 Å². The molecule has 1 atom stereocenters. The molecule has 0 radical (unpaired) electrons. The van der Waals surface area contributed by atoms with Crippen molar-refractivity contribution in [2.75, 3.05) is 13.1 Å². The van der Waals surface area contributed by atoms with Crippen LogP contribution in [0.2, 0.25) is 4.34 Å². The highest BCUT2D eigenvalue weighted by Crippen LogP contribution is 2.39. The molecule has 2 aliphatic rings. The normalized spacial score (nSPS) is 25.2. The molecule has 1 unspecified atom stereocenters. The van der Waals surface area contributed by atoms with E-state index in [4.69, 9.17) is 11.6 Å². The van der Waals surface area contributed by atoms with E-state index in [0.717, 1.165) is 4.34 Å². The molecule has 2 nitrogen and oxygen atoms in total. The summed E-state index contributed by atoms with van der Waals surface area (Å²) in [5, 5.41) is 3.87. The lowest BCUT2D eigenvalue weighted by Crippen LogP contribution is -2.45.